The third-order valence-corrected chi connectivity index (χ3v) is 2.01. The summed E-state index contributed by atoms with van der Waals surface area (Å²) in [7, 11) is 0. The summed E-state index contributed by atoms with van der Waals surface area (Å²) >= 11 is 0. The maximum atomic E-state index is 11.1. The lowest BCUT2D eigenvalue weighted by atomic mass is 10.3. The van der Waals surface area contributed by atoms with Crippen molar-refractivity contribution in [2.75, 3.05) is 6.54 Å². The number of carbonyl (C=O) groups excluding carboxylic acids is 1. The zero-order valence-electron chi connectivity index (χ0n) is 6.76. The molecule has 0 radical (unpaired) electrons. The molecular formula is C9H13NO. The Labute approximate surface area is 67.4 Å². The topological polar surface area (TPSA) is 29.1 Å². The fourth-order valence-corrected chi connectivity index (χ4v) is 1.08. The zero-order valence-corrected chi connectivity index (χ0v) is 6.76. The van der Waals surface area contributed by atoms with E-state index in [0.717, 1.165) is 6.42 Å². The molecule has 2 heteroatoms. The molecule has 0 aromatic rings. The fourth-order valence-electron chi connectivity index (χ4n) is 1.08. The van der Waals surface area contributed by atoms with Crippen molar-refractivity contribution in [2.24, 2.45) is 11.8 Å². The minimum Gasteiger partial charge on any atom is -0.355 e. The normalized spacial score (nSPS) is 27.3. The molecule has 0 heterocycles. The number of carbonyl (C=O) groups is 1. The molecule has 11 heavy (non-hydrogen) atoms. The van der Waals surface area contributed by atoms with E-state index in [1.165, 1.54) is 0 Å². The van der Waals surface area contributed by atoms with E-state index < -0.39 is 0 Å². The number of hydrogen-bond donors (Lipinski definition) is 1. The largest absolute Gasteiger partial charge is 0.355 e. The Balaban J connectivity index is 2.08. The van der Waals surface area contributed by atoms with Crippen molar-refractivity contribution in [3.63, 3.8) is 0 Å². The highest BCUT2D eigenvalue weighted by molar-refractivity contribution is 5.81. The van der Waals surface area contributed by atoms with Gasteiger partial charge in [0.2, 0.25) is 5.91 Å². The number of terminal acetylenes is 1. The maximum Gasteiger partial charge on any atom is 0.223 e. The van der Waals surface area contributed by atoms with Crippen LogP contribution in [0.2, 0.25) is 0 Å². The summed E-state index contributed by atoms with van der Waals surface area (Å²) in [6.07, 6.45) is 6.71. The van der Waals surface area contributed by atoms with Crippen LogP contribution < -0.4 is 5.32 Å². The van der Waals surface area contributed by atoms with E-state index in [0.29, 0.717) is 18.9 Å². The van der Waals surface area contributed by atoms with Crippen LogP contribution in [0.1, 0.15) is 19.8 Å². The molecule has 2 unspecified atom stereocenters. The molecule has 60 valence electrons. The molecule has 0 aromatic heterocycles. The Morgan fingerprint density at radius 1 is 1.82 bits per heavy atom. The van der Waals surface area contributed by atoms with Gasteiger partial charge in [0.05, 0.1) is 0 Å². The van der Waals surface area contributed by atoms with E-state index in [-0.39, 0.29) is 11.8 Å². The summed E-state index contributed by atoms with van der Waals surface area (Å²) in [4.78, 5) is 11.1. The zero-order chi connectivity index (χ0) is 8.27. The second-order valence-corrected chi connectivity index (χ2v) is 3.06. The highest BCUT2D eigenvalue weighted by atomic mass is 16.2. The van der Waals surface area contributed by atoms with Crippen LogP contribution in [0, 0.1) is 24.2 Å². The molecule has 1 rings (SSSR count). The Bertz CT molecular complexity index is 192. The smallest absolute Gasteiger partial charge is 0.223 e. The fraction of sp³-hybridized carbons (Fsp3) is 0.667. The van der Waals surface area contributed by atoms with Crippen molar-refractivity contribution in [3.05, 3.63) is 0 Å². The molecular weight excluding hydrogens is 138 g/mol. The van der Waals surface area contributed by atoms with Gasteiger partial charge in [-0.3, -0.25) is 4.79 Å². The Morgan fingerprint density at radius 2 is 2.45 bits per heavy atom. The lowest BCUT2D eigenvalue weighted by molar-refractivity contribution is -0.122. The van der Waals surface area contributed by atoms with Crippen LogP contribution >= 0.6 is 0 Å². The second-order valence-electron chi connectivity index (χ2n) is 3.06. The van der Waals surface area contributed by atoms with Crippen molar-refractivity contribution < 1.29 is 4.79 Å². The minimum absolute atomic E-state index is 0.174. The summed E-state index contributed by atoms with van der Waals surface area (Å²) < 4.78 is 0. The standard InChI is InChI=1S/C9H13NO/c1-3-4-5-10-9(11)8-6-7(8)2/h1,7-8H,4-6H2,2H3,(H,10,11). The third-order valence-electron chi connectivity index (χ3n) is 2.01. The van der Waals surface area contributed by atoms with E-state index in [9.17, 15) is 4.79 Å². The number of nitrogens with one attached hydrogen (secondary N) is 1. The molecule has 1 fully saturated rings. The van der Waals surface area contributed by atoms with Crippen molar-refractivity contribution >= 4 is 5.91 Å². The molecule has 0 aliphatic heterocycles. The summed E-state index contributed by atoms with van der Waals surface area (Å²) in [5, 5.41) is 2.79. The lowest BCUT2D eigenvalue weighted by Crippen LogP contribution is -2.26. The van der Waals surface area contributed by atoms with Gasteiger partial charge in [0.25, 0.3) is 0 Å². The molecule has 1 saturated carbocycles. The highest BCUT2D eigenvalue weighted by Crippen LogP contribution is 2.37. The SMILES string of the molecule is C#CCCNC(=O)C1CC1C. The average Bonchev–Trinajstić information content (AvgIpc) is 2.67. The molecule has 1 aliphatic rings. The monoisotopic (exact) mass is 151 g/mol. The van der Waals surface area contributed by atoms with Gasteiger partial charge in [-0.15, -0.1) is 12.3 Å². The van der Waals surface area contributed by atoms with Gasteiger partial charge in [-0.1, -0.05) is 6.92 Å². The second kappa shape index (κ2) is 3.43. The quantitative estimate of drug-likeness (QED) is 0.469. The minimum atomic E-state index is 0.174. The van der Waals surface area contributed by atoms with E-state index in [2.05, 4.69) is 18.2 Å². The first-order chi connectivity index (χ1) is 5.25. The van der Waals surface area contributed by atoms with Gasteiger partial charge in [0.1, 0.15) is 0 Å². The van der Waals surface area contributed by atoms with Crippen LogP contribution in [0.15, 0.2) is 0 Å². The van der Waals surface area contributed by atoms with Gasteiger partial charge in [0, 0.05) is 18.9 Å². The van der Waals surface area contributed by atoms with Crippen molar-refractivity contribution in [1.29, 1.82) is 0 Å². The molecule has 0 saturated heterocycles. The Kier molecular flexibility index (Phi) is 2.53. The first-order valence-electron chi connectivity index (χ1n) is 3.97. The molecule has 2 nitrogen and oxygen atoms in total. The van der Waals surface area contributed by atoms with Crippen LogP contribution in [0.5, 0.6) is 0 Å². The molecule has 0 spiro atoms. The highest BCUT2D eigenvalue weighted by Gasteiger charge is 2.38. The number of amides is 1. The Morgan fingerprint density at radius 3 is 2.91 bits per heavy atom. The lowest BCUT2D eigenvalue weighted by Gasteiger charge is -1.99. The first kappa shape index (κ1) is 8.13. The average molecular weight is 151 g/mol. The number of hydrogen-bond acceptors (Lipinski definition) is 1. The third kappa shape index (κ3) is 2.27. The predicted molar refractivity (Wildman–Crippen MR) is 43.7 cm³/mol. The molecule has 2 atom stereocenters. The van der Waals surface area contributed by atoms with Gasteiger partial charge in [-0.25, -0.2) is 0 Å². The van der Waals surface area contributed by atoms with Crippen LogP contribution in [0.25, 0.3) is 0 Å². The predicted octanol–water partition coefficient (Wildman–Crippen LogP) is 0.782. The van der Waals surface area contributed by atoms with E-state index in [4.69, 9.17) is 6.42 Å². The molecule has 1 aliphatic carbocycles. The van der Waals surface area contributed by atoms with Crippen LogP contribution in [-0.2, 0) is 4.79 Å². The maximum absolute atomic E-state index is 11.1. The van der Waals surface area contributed by atoms with E-state index in [1.54, 1.807) is 0 Å². The van der Waals surface area contributed by atoms with Crippen molar-refractivity contribution in [3.8, 4) is 12.3 Å². The van der Waals surface area contributed by atoms with Gasteiger partial charge < -0.3 is 5.32 Å². The molecule has 1 amide bonds. The van der Waals surface area contributed by atoms with Gasteiger partial charge in [-0.2, -0.15) is 0 Å². The molecule has 0 aromatic carbocycles. The molecule has 1 N–H and O–H groups in total. The van der Waals surface area contributed by atoms with Gasteiger partial charge in [-0.05, 0) is 12.3 Å². The van der Waals surface area contributed by atoms with Gasteiger partial charge >= 0.3 is 0 Å². The first-order valence-corrected chi connectivity index (χ1v) is 3.97. The van der Waals surface area contributed by atoms with Crippen molar-refractivity contribution in [2.45, 2.75) is 19.8 Å². The van der Waals surface area contributed by atoms with Crippen LogP contribution in [0.4, 0.5) is 0 Å². The van der Waals surface area contributed by atoms with E-state index in [1.807, 2.05) is 0 Å². The summed E-state index contributed by atoms with van der Waals surface area (Å²) in [5.74, 6) is 3.51. The summed E-state index contributed by atoms with van der Waals surface area (Å²) in [6, 6.07) is 0. The van der Waals surface area contributed by atoms with Crippen LogP contribution in [0.3, 0.4) is 0 Å². The van der Waals surface area contributed by atoms with Gasteiger partial charge in [0.15, 0.2) is 0 Å². The Hall–Kier alpha value is -0.970. The summed E-state index contributed by atoms with van der Waals surface area (Å²) in [5.41, 5.74) is 0. The number of rotatable bonds is 3. The molecule has 0 bridgehead atoms. The summed E-state index contributed by atoms with van der Waals surface area (Å²) in [6.45, 7) is 2.71. The van der Waals surface area contributed by atoms with Crippen LogP contribution in [-0.4, -0.2) is 12.5 Å². The van der Waals surface area contributed by atoms with Crippen molar-refractivity contribution in [1.82, 2.24) is 5.32 Å². The van der Waals surface area contributed by atoms with E-state index >= 15 is 0 Å².